The Morgan fingerprint density at radius 2 is 2.36 bits per heavy atom. The molecule has 0 radical (unpaired) electrons. The zero-order valence-corrected chi connectivity index (χ0v) is 8.27. The minimum Gasteiger partial charge on any atom is -0.460 e. The van der Waals surface area contributed by atoms with Gasteiger partial charge in [-0.1, -0.05) is 0 Å². The minimum atomic E-state index is -0.659. The van der Waals surface area contributed by atoms with Crippen LogP contribution >= 0.6 is 0 Å². The van der Waals surface area contributed by atoms with Crippen molar-refractivity contribution in [2.24, 2.45) is 5.92 Å². The molecule has 0 aliphatic carbocycles. The number of halogens is 1. The molecule has 1 saturated heterocycles. The molecule has 0 aromatic rings. The van der Waals surface area contributed by atoms with E-state index in [4.69, 9.17) is 14.6 Å². The van der Waals surface area contributed by atoms with Crippen molar-refractivity contribution in [2.75, 3.05) is 13.3 Å². The highest BCUT2D eigenvalue weighted by Crippen LogP contribution is 2.28. The average Bonchev–Trinajstić information content (AvgIpc) is 2.42. The van der Waals surface area contributed by atoms with E-state index in [1.165, 1.54) is 6.92 Å². The summed E-state index contributed by atoms with van der Waals surface area (Å²) in [6.45, 7) is 0.360. The van der Waals surface area contributed by atoms with Gasteiger partial charge in [0.15, 0.2) is 0 Å². The van der Waals surface area contributed by atoms with Gasteiger partial charge in [0, 0.05) is 6.92 Å². The normalized spacial score (nSPS) is 37.1. The Hall–Kier alpha value is -0.615. The lowest BCUT2D eigenvalue weighted by Gasteiger charge is -2.19. The molecule has 1 aliphatic rings. The van der Waals surface area contributed by atoms with Gasteiger partial charge in [0.25, 0.3) is 0 Å². The molecule has 1 fully saturated rings. The second kappa shape index (κ2) is 4.75. The molecule has 4 atom stereocenters. The number of aliphatic hydroxyl groups excluding tert-OH is 1. The first-order valence-corrected chi connectivity index (χ1v) is 4.59. The van der Waals surface area contributed by atoms with Crippen LogP contribution in [0.5, 0.6) is 0 Å². The van der Waals surface area contributed by atoms with Crippen LogP contribution in [0.1, 0.15) is 6.92 Å². The average molecular weight is 204 g/mol. The Balaban J connectivity index is 2.66. The molecule has 1 aliphatic heterocycles. The van der Waals surface area contributed by atoms with Crippen molar-refractivity contribution in [3.05, 3.63) is 0 Å². The van der Waals surface area contributed by atoms with Crippen molar-refractivity contribution in [3.8, 4) is 0 Å². The predicted octanol–water partition coefficient (Wildman–Crippen LogP) is -1.15. The lowest BCUT2D eigenvalue weighted by Crippen LogP contribution is -2.34. The second-order valence-electron chi connectivity index (χ2n) is 3.45. The van der Waals surface area contributed by atoms with Crippen LogP contribution in [0.2, 0.25) is 0 Å². The van der Waals surface area contributed by atoms with Gasteiger partial charge in [-0.25, -0.2) is 0 Å². The van der Waals surface area contributed by atoms with Crippen molar-refractivity contribution < 1.29 is 23.8 Å². The van der Waals surface area contributed by atoms with Crippen LogP contribution in [0.15, 0.2) is 0 Å². The number of carbonyl (C=O) groups is 1. The highest BCUT2D eigenvalue weighted by molar-refractivity contribution is 6.11. The van der Waals surface area contributed by atoms with E-state index in [2.05, 4.69) is 0 Å². The smallest absolute Gasteiger partial charge is 0.302 e. The molecule has 6 heteroatoms. The van der Waals surface area contributed by atoms with Gasteiger partial charge in [0.1, 0.15) is 14.0 Å². The maximum Gasteiger partial charge on any atom is 0.302 e. The fourth-order valence-corrected chi connectivity index (χ4v) is 1.75. The van der Waals surface area contributed by atoms with E-state index in [1.54, 1.807) is 7.85 Å². The number of esters is 1. The van der Waals surface area contributed by atoms with Crippen molar-refractivity contribution in [3.63, 3.8) is 0 Å². The lowest BCUT2D eigenvalue weighted by molar-refractivity contribution is -0.149. The lowest BCUT2D eigenvalue weighted by atomic mass is 9.88. The summed E-state index contributed by atoms with van der Waals surface area (Å²) in [6, 6.07) is -0.364. The minimum absolute atomic E-state index is 0.253. The second-order valence-corrected chi connectivity index (χ2v) is 3.45. The van der Waals surface area contributed by atoms with Gasteiger partial charge >= 0.3 is 5.97 Å². The highest BCUT2D eigenvalue weighted by atomic mass is 19.1. The Labute approximate surface area is 82.8 Å². The predicted molar refractivity (Wildman–Crippen MR) is 49.3 cm³/mol. The number of hydrogen-bond acceptors (Lipinski definition) is 4. The summed E-state index contributed by atoms with van der Waals surface area (Å²) in [5, 5.41) is 8.91. The Morgan fingerprint density at radius 1 is 1.71 bits per heavy atom. The third-order valence-electron chi connectivity index (χ3n) is 2.41. The summed E-state index contributed by atoms with van der Waals surface area (Å²) in [7, 11) is 1.70. The number of ether oxygens (including phenoxy) is 2. The van der Waals surface area contributed by atoms with Gasteiger partial charge < -0.3 is 14.6 Å². The summed E-state index contributed by atoms with van der Waals surface area (Å²) in [6.07, 6.45) is -1.16. The van der Waals surface area contributed by atoms with E-state index in [1.807, 2.05) is 0 Å². The van der Waals surface area contributed by atoms with Crippen LogP contribution in [-0.2, 0) is 14.3 Å². The van der Waals surface area contributed by atoms with Gasteiger partial charge in [-0.05, 0) is 0 Å². The number of hydrogen-bond donors (Lipinski definition) is 1. The maximum atomic E-state index is 12.6. The van der Waals surface area contributed by atoms with Crippen LogP contribution in [0.3, 0.4) is 0 Å². The van der Waals surface area contributed by atoms with Crippen molar-refractivity contribution in [2.45, 2.75) is 25.1 Å². The molecule has 0 aromatic heterocycles. The third kappa shape index (κ3) is 2.25. The summed E-state index contributed by atoms with van der Waals surface area (Å²) in [5.41, 5.74) is 0. The molecule has 1 rings (SSSR count). The van der Waals surface area contributed by atoms with E-state index >= 15 is 0 Å². The van der Waals surface area contributed by atoms with Gasteiger partial charge in [-0.15, -0.1) is 0 Å². The van der Waals surface area contributed by atoms with Gasteiger partial charge in [0.2, 0.25) is 0 Å². The molecule has 1 heterocycles. The monoisotopic (exact) mass is 204 g/mol. The molecule has 0 amide bonds. The van der Waals surface area contributed by atoms with Gasteiger partial charge in [0.05, 0.1) is 31.3 Å². The van der Waals surface area contributed by atoms with E-state index < -0.39 is 30.8 Å². The highest BCUT2D eigenvalue weighted by Gasteiger charge is 2.43. The maximum absolute atomic E-state index is 12.6. The molecule has 0 saturated carbocycles. The van der Waals surface area contributed by atoms with E-state index in [-0.39, 0.29) is 12.6 Å². The first-order valence-electron chi connectivity index (χ1n) is 4.59. The molecule has 0 spiro atoms. The molecule has 14 heavy (non-hydrogen) atoms. The Morgan fingerprint density at radius 3 is 2.79 bits per heavy atom. The van der Waals surface area contributed by atoms with Crippen molar-refractivity contribution >= 4 is 13.8 Å². The Bertz CT molecular complexity index is 214. The molecular weight excluding hydrogens is 190 g/mol. The van der Waals surface area contributed by atoms with Gasteiger partial charge in [-0.2, -0.15) is 0 Å². The summed E-state index contributed by atoms with van der Waals surface area (Å²) in [4.78, 5) is 10.7. The van der Waals surface area contributed by atoms with Crippen molar-refractivity contribution in [1.82, 2.24) is 0 Å². The van der Waals surface area contributed by atoms with Crippen LogP contribution in [0, 0.1) is 5.92 Å². The fourth-order valence-electron chi connectivity index (χ4n) is 1.75. The number of carbonyl (C=O) groups excluding carboxylic acids is 1. The summed E-state index contributed by atoms with van der Waals surface area (Å²) < 4.78 is 22.8. The number of rotatable bonds is 3. The first-order chi connectivity index (χ1) is 6.60. The van der Waals surface area contributed by atoms with Crippen LogP contribution in [0.4, 0.5) is 4.39 Å². The fraction of sp³-hybridized carbons (Fsp3) is 0.875. The summed E-state index contributed by atoms with van der Waals surface area (Å²) in [5.74, 6) is -1.01. The van der Waals surface area contributed by atoms with E-state index in [0.29, 0.717) is 0 Å². The zero-order chi connectivity index (χ0) is 10.7. The standard InChI is InChI=1S/C8H14BFO4/c1-4(12)13-7-5(2-10)6(3-11)14-8(7)9/h5-8,11H,2-3,9H2,1H3/t5-,6-,7-,8-/m1/s1. The first kappa shape index (κ1) is 11.5. The van der Waals surface area contributed by atoms with Crippen molar-refractivity contribution in [1.29, 1.82) is 0 Å². The van der Waals surface area contributed by atoms with Crippen LogP contribution in [-0.4, -0.2) is 50.4 Å². The quantitative estimate of drug-likeness (QED) is 0.466. The molecular formula is C8H14BFO4. The molecule has 1 N–H and O–H groups in total. The molecule has 4 nitrogen and oxygen atoms in total. The number of alkyl halides is 1. The van der Waals surface area contributed by atoms with E-state index in [0.717, 1.165) is 0 Å². The zero-order valence-electron chi connectivity index (χ0n) is 8.27. The van der Waals surface area contributed by atoms with Gasteiger partial charge in [-0.3, -0.25) is 9.18 Å². The molecule has 0 unspecified atom stereocenters. The Kier molecular flexibility index (Phi) is 3.89. The molecule has 80 valence electrons. The van der Waals surface area contributed by atoms with E-state index in [9.17, 15) is 9.18 Å². The molecule has 0 bridgehead atoms. The molecule has 0 aromatic carbocycles. The van der Waals surface area contributed by atoms with Crippen LogP contribution in [0.25, 0.3) is 0 Å². The number of aliphatic hydroxyl groups is 1. The third-order valence-corrected chi connectivity index (χ3v) is 2.41. The summed E-state index contributed by atoms with van der Waals surface area (Å²) >= 11 is 0. The van der Waals surface area contributed by atoms with Crippen LogP contribution < -0.4 is 0 Å². The SMILES string of the molecule is B[C@@H]1O[C@H](CO)[C@@H](CF)[C@H]1OC(C)=O. The largest absolute Gasteiger partial charge is 0.460 e. The topological polar surface area (TPSA) is 55.8 Å².